The Hall–Kier alpha value is -1.63. The zero-order chi connectivity index (χ0) is 10.8. The van der Waals surface area contributed by atoms with Gasteiger partial charge in [-0.2, -0.15) is 0 Å². The third-order valence-electron chi connectivity index (χ3n) is 2.81. The predicted molar refractivity (Wildman–Crippen MR) is 62.4 cm³/mol. The Balaban J connectivity index is 2.47. The van der Waals surface area contributed by atoms with Gasteiger partial charge in [0.15, 0.2) is 5.78 Å². The molecule has 1 aliphatic carbocycles. The first-order valence-corrected chi connectivity index (χ1v) is 5.19. The summed E-state index contributed by atoms with van der Waals surface area (Å²) in [5.74, 6) is 0.196. The third-order valence-corrected chi connectivity index (χ3v) is 2.81. The van der Waals surface area contributed by atoms with Gasteiger partial charge in [-0.3, -0.25) is 4.79 Å². The molecule has 0 atom stereocenters. The Morgan fingerprint density at radius 3 is 2.40 bits per heavy atom. The molecular formula is C14H14O. The van der Waals surface area contributed by atoms with Gasteiger partial charge in [-0.05, 0) is 31.4 Å². The number of hydrogen-bond donors (Lipinski definition) is 0. The lowest BCUT2D eigenvalue weighted by Gasteiger charge is -2.01. The first-order chi connectivity index (χ1) is 7.24. The van der Waals surface area contributed by atoms with E-state index in [1.807, 2.05) is 50.3 Å². The largest absolute Gasteiger partial charge is 0.289 e. The normalized spacial score (nSPS) is 19.1. The molecule has 0 unspecified atom stereocenters. The van der Waals surface area contributed by atoms with Crippen LogP contribution in [0.1, 0.15) is 25.8 Å². The highest BCUT2D eigenvalue weighted by Gasteiger charge is 2.25. The topological polar surface area (TPSA) is 17.1 Å². The van der Waals surface area contributed by atoms with Crippen LogP contribution in [0.25, 0.3) is 5.57 Å². The quantitative estimate of drug-likeness (QED) is 0.632. The van der Waals surface area contributed by atoms with Crippen molar-refractivity contribution in [3.05, 3.63) is 53.1 Å². The molecule has 1 aliphatic rings. The molecule has 1 heteroatoms. The minimum absolute atomic E-state index is 0.196. The van der Waals surface area contributed by atoms with Gasteiger partial charge in [0.1, 0.15) is 0 Å². The molecule has 1 aromatic carbocycles. The van der Waals surface area contributed by atoms with Crippen molar-refractivity contribution >= 4 is 11.4 Å². The van der Waals surface area contributed by atoms with Gasteiger partial charge in [0.05, 0.1) is 0 Å². The number of carbonyl (C=O) groups excluding carboxylic acids is 1. The van der Waals surface area contributed by atoms with Gasteiger partial charge in [-0.1, -0.05) is 42.0 Å². The molecule has 0 bridgehead atoms. The van der Waals surface area contributed by atoms with Crippen LogP contribution in [0.3, 0.4) is 0 Å². The number of rotatable bonds is 1. The van der Waals surface area contributed by atoms with Gasteiger partial charge in [0.25, 0.3) is 0 Å². The number of allylic oxidation sites excluding steroid dienone is 4. The van der Waals surface area contributed by atoms with Crippen LogP contribution >= 0.6 is 0 Å². The van der Waals surface area contributed by atoms with Crippen LogP contribution in [0.5, 0.6) is 0 Å². The Labute approximate surface area is 90.1 Å². The van der Waals surface area contributed by atoms with Crippen molar-refractivity contribution < 1.29 is 4.79 Å². The second kappa shape index (κ2) is 3.85. The average molecular weight is 198 g/mol. The molecule has 0 heterocycles. The molecule has 0 amide bonds. The first-order valence-electron chi connectivity index (χ1n) is 5.19. The fourth-order valence-electron chi connectivity index (χ4n) is 2.02. The van der Waals surface area contributed by atoms with Crippen molar-refractivity contribution in [2.45, 2.75) is 20.3 Å². The van der Waals surface area contributed by atoms with Crippen LogP contribution in [0, 0.1) is 0 Å². The molecule has 1 aromatic rings. The maximum absolute atomic E-state index is 12.0. The van der Waals surface area contributed by atoms with E-state index < -0.39 is 0 Å². The summed E-state index contributed by atoms with van der Waals surface area (Å²) < 4.78 is 0. The van der Waals surface area contributed by atoms with Gasteiger partial charge in [0.2, 0.25) is 0 Å². The smallest absolute Gasteiger partial charge is 0.189 e. The fraction of sp³-hybridized carbons (Fsp3) is 0.214. The zero-order valence-electron chi connectivity index (χ0n) is 9.08. The highest BCUT2D eigenvalue weighted by Crippen LogP contribution is 2.33. The van der Waals surface area contributed by atoms with Crippen LogP contribution in [0.4, 0.5) is 0 Å². The van der Waals surface area contributed by atoms with E-state index >= 15 is 0 Å². The van der Waals surface area contributed by atoms with Crippen molar-refractivity contribution in [2.24, 2.45) is 0 Å². The summed E-state index contributed by atoms with van der Waals surface area (Å²) in [6.45, 7) is 3.96. The van der Waals surface area contributed by atoms with Crippen molar-refractivity contribution in [3.8, 4) is 0 Å². The van der Waals surface area contributed by atoms with E-state index in [0.717, 1.165) is 23.1 Å². The summed E-state index contributed by atoms with van der Waals surface area (Å²) in [6.07, 6.45) is 2.72. The molecule has 1 nitrogen and oxygen atoms in total. The van der Waals surface area contributed by atoms with E-state index in [-0.39, 0.29) is 5.78 Å². The third kappa shape index (κ3) is 1.65. The van der Waals surface area contributed by atoms with Crippen molar-refractivity contribution in [1.29, 1.82) is 0 Å². The molecule has 2 rings (SSSR count). The van der Waals surface area contributed by atoms with E-state index in [2.05, 4.69) is 0 Å². The minimum atomic E-state index is 0.196. The first kappa shape index (κ1) is 9.91. The van der Waals surface area contributed by atoms with Crippen molar-refractivity contribution in [1.82, 2.24) is 0 Å². The highest BCUT2D eigenvalue weighted by atomic mass is 16.1. The summed E-state index contributed by atoms with van der Waals surface area (Å²) >= 11 is 0. The average Bonchev–Trinajstić information content (AvgIpc) is 2.55. The molecule has 0 aromatic heterocycles. The molecule has 0 N–H and O–H groups in total. The number of hydrogen-bond acceptors (Lipinski definition) is 1. The summed E-state index contributed by atoms with van der Waals surface area (Å²) in [6, 6.07) is 9.90. The monoisotopic (exact) mass is 198 g/mol. The minimum Gasteiger partial charge on any atom is -0.289 e. The number of benzene rings is 1. The van der Waals surface area contributed by atoms with E-state index in [4.69, 9.17) is 0 Å². The molecule has 0 radical (unpaired) electrons. The van der Waals surface area contributed by atoms with Crippen LogP contribution in [-0.2, 0) is 4.79 Å². The molecule has 76 valence electrons. The lowest BCUT2D eigenvalue weighted by atomic mass is 10.0. The summed E-state index contributed by atoms with van der Waals surface area (Å²) in [5, 5.41) is 0. The molecule has 0 saturated heterocycles. The van der Waals surface area contributed by atoms with Gasteiger partial charge < -0.3 is 0 Å². The van der Waals surface area contributed by atoms with Gasteiger partial charge in [-0.15, -0.1) is 0 Å². The molecule has 0 spiro atoms. The number of carbonyl (C=O) groups is 1. The molecule has 0 saturated carbocycles. The SMILES string of the molecule is C/C=C1/CC(C)=C(c2ccccc2)C1=O. The van der Waals surface area contributed by atoms with E-state index in [1.54, 1.807) is 0 Å². The Kier molecular flexibility index (Phi) is 2.55. The van der Waals surface area contributed by atoms with Gasteiger partial charge >= 0.3 is 0 Å². The summed E-state index contributed by atoms with van der Waals surface area (Å²) in [5.41, 5.74) is 4.03. The number of Topliss-reactive ketones (excluding diaryl/α,β-unsaturated/α-hetero) is 1. The van der Waals surface area contributed by atoms with Crippen LogP contribution < -0.4 is 0 Å². The van der Waals surface area contributed by atoms with Crippen LogP contribution in [0.15, 0.2) is 47.6 Å². The summed E-state index contributed by atoms with van der Waals surface area (Å²) in [7, 11) is 0. The second-order valence-electron chi connectivity index (χ2n) is 3.84. The van der Waals surface area contributed by atoms with Gasteiger partial charge in [-0.25, -0.2) is 0 Å². The zero-order valence-corrected chi connectivity index (χ0v) is 9.08. The maximum Gasteiger partial charge on any atom is 0.189 e. The molecule has 0 aliphatic heterocycles. The predicted octanol–water partition coefficient (Wildman–Crippen LogP) is 3.38. The van der Waals surface area contributed by atoms with Crippen LogP contribution in [0.2, 0.25) is 0 Å². The van der Waals surface area contributed by atoms with E-state index in [1.165, 1.54) is 5.57 Å². The standard InChI is InChI=1S/C14H14O/c1-3-11-9-10(2)13(14(11)15)12-7-5-4-6-8-12/h3-8H,9H2,1-2H3/b11-3-. The molecule has 15 heavy (non-hydrogen) atoms. The number of ketones is 1. The van der Waals surface area contributed by atoms with Crippen molar-refractivity contribution in [3.63, 3.8) is 0 Å². The second-order valence-corrected chi connectivity index (χ2v) is 3.84. The molecule has 0 fully saturated rings. The summed E-state index contributed by atoms with van der Waals surface area (Å²) in [4.78, 5) is 12.0. The van der Waals surface area contributed by atoms with Crippen LogP contribution in [-0.4, -0.2) is 5.78 Å². The fourth-order valence-corrected chi connectivity index (χ4v) is 2.02. The maximum atomic E-state index is 12.0. The lowest BCUT2D eigenvalue weighted by Crippen LogP contribution is -1.98. The lowest BCUT2D eigenvalue weighted by molar-refractivity contribution is -0.110. The van der Waals surface area contributed by atoms with Crippen molar-refractivity contribution in [2.75, 3.05) is 0 Å². The van der Waals surface area contributed by atoms with Gasteiger partial charge in [0, 0.05) is 5.57 Å². The Bertz CT molecular complexity index is 449. The Morgan fingerprint density at radius 2 is 1.87 bits per heavy atom. The van der Waals surface area contributed by atoms with E-state index in [9.17, 15) is 4.79 Å². The Morgan fingerprint density at radius 1 is 1.20 bits per heavy atom. The van der Waals surface area contributed by atoms with E-state index in [0.29, 0.717) is 0 Å². The highest BCUT2D eigenvalue weighted by molar-refractivity contribution is 6.32. The molecular weight excluding hydrogens is 184 g/mol.